The molecule has 7 heteroatoms. The molecular formula is C16H20F2N2O3. The highest BCUT2D eigenvalue weighted by atomic mass is 19.1. The first-order valence-corrected chi connectivity index (χ1v) is 7.67. The fourth-order valence-electron chi connectivity index (χ4n) is 3.29. The second-order valence-electron chi connectivity index (χ2n) is 6.12. The summed E-state index contributed by atoms with van der Waals surface area (Å²) in [6.07, 6.45) is 0.884. The van der Waals surface area contributed by atoms with Crippen molar-refractivity contribution in [2.75, 3.05) is 26.8 Å². The number of ether oxygens (including phenoxy) is 2. The molecule has 2 saturated heterocycles. The van der Waals surface area contributed by atoms with Gasteiger partial charge in [0, 0.05) is 37.3 Å². The van der Waals surface area contributed by atoms with Gasteiger partial charge in [0.25, 0.3) is 5.91 Å². The number of rotatable bonds is 3. The van der Waals surface area contributed by atoms with Crippen LogP contribution in [0.15, 0.2) is 12.1 Å². The number of halogens is 2. The van der Waals surface area contributed by atoms with E-state index >= 15 is 0 Å². The maximum Gasteiger partial charge on any atom is 0.257 e. The van der Waals surface area contributed by atoms with Crippen molar-refractivity contribution in [3.63, 3.8) is 0 Å². The lowest BCUT2D eigenvalue weighted by molar-refractivity contribution is -0.0390. The minimum Gasteiger partial charge on any atom is -0.497 e. The molecule has 1 amide bonds. The van der Waals surface area contributed by atoms with Crippen molar-refractivity contribution >= 4 is 5.91 Å². The summed E-state index contributed by atoms with van der Waals surface area (Å²) in [5.74, 6) is -2.54. The number of hydrogen-bond donors (Lipinski definition) is 1. The number of carbonyl (C=O) groups excluding carboxylic acids is 1. The van der Waals surface area contributed by atoms with Crippen LogP contribution in [0.1, 0.15) is 23.7 Å². The topological polar surface area (TPSA) is 50.8 Å². The molecule has 2 aliphatic heterocycles. The van der Waals surface area contributed by atoms with E-state index in [2.05, 4.69) is 10.2 Å². The third kappa shape index (κ3) is 3.30. The summed E-state index contributed by atoms with van der Waals surface area (Å²) < 4.78 is 38.3. The van der Waals surface area contributed by atoms with Crippen LogP contribution in [-0.2, 0) is 4.74 Å². The number of carbonyl (C=O) groups is 1. The second-order valence-corrected chi connectivity index (χ2v) is 6.12. The highest BCUT2D eigenvalue weighted by Crippen LogP contribution is 2.24. The summed E-state index contributed by atoms with van der Waals surface area (Å²) in [7, 11) is 1.31. The molecule has 2 heterocycles. The first-order valence-electron chi connectivity index (χ1n) is 7.67. The third-order valence-electron chi connectivity index (χ3n) is 4.41. The Morgan fingerprint density at radius 1 is 1.35 bits per heavy atom. The van der Waals surface area contributed by atoms with Crippen molar-refractivity contribution in [3.8, 4) is 5.75 Å². The van der Waals surface area contributed by atoms with Gasteiger partial charge in [-0.25, -0.2) is 8.78 Å². The van der Waals surface area contributed by atoms with Crippen molar-refractivity contribution in [1.29, 1.82) is 0 Å². The van der Waals surface area contributed by atoms with Gasteiger partial charge in [0.15, 0.2) is 0 Å². The molecule has 0 spiro atoms. The molecule has 1 aromatic carbocycles. The van der Waals surface area contributed by atoms with Gasteiger partial charge >= 0.3 is 0 Å². The predicted molar refractivity (Wildman–Crippen MR) is 79.6 cm³/mol. The lowest BCUT2D eigenvalue weighted by atomic mass is 10.1. The molecule has 3 rings (SSSR count). The van der Waals surface area contributed by atoms with Crippen LogP contribution in [0.5, 0.6) is 5.75 Å². The fraction of sp³-hybridized carbons (Fsp3) is 0.562. The fourth-order valence-corrected chi connectivity index (χ4v) is 3.29. The highest BCUT2D eigenvalue weighted by Gasteiger charge is 2.37. The molecule has 2 aliphatic rings. The number of amides is 1. The lowest BCUT2D eigenvalue weighted by Gasteiger charge is -2.33. The Labute approximate surface area is 133 Å². The van der Waals surface area contributed by atoms with Crippen LogP contribution in [0.25, 0.3) is 0 Å². The SMILES string of the molecule is COc1cc(F)c(C(=O)N[C@H]2C[C@H]3CO[C@H](C)CN3C2)c(F)c1. The largest absolute Gasteiger partial charge is 0.497 e. The minimum absolute atomic E-state index is 0.0423. The van der Waals surface area contributed by atoms with Gasteiger partial charge in [-0.3, -0.25) is 9.69 Å². The van der Waals surface area contributed by atoms with Gasteiger partial charge in [0.2, 0.25) is 0 Å². The Balaban J connectivity index is 1.68. The van der Waals surface area contributed by atoms with Crippen LogP contribution >= 0.6 is 0 Å². The molecule has 0 unspecified atom stereocenters. The molecule has 1 aromatic rings. The Hall–Kier alpha value is -1.73. The maximum atomic E-state index is 14.0. The average molecular weight is 326 g/mol. The smallest absolute Gasteiger partial charge is 0.257 e. The van der Waals surface area contributed by atoms with E-state index in [-0.39, 0.29) is 23.9 Å². The van der Waals surface area contributed by atoms with Crippen LogP contribution in [0.3, 0.4) is 0 Å². The number of nitrogens with one attached hydrogen (secondary N) is 1. The summed E-state index contributed by atoms with van der Waals surface area (Å²) in [6.45, 7) is 4.11. The average Bonchev–Trinajstić information content (AvgIpc) is 2.87. The zero-order valence-corrected chi connectivity index (χ0v) is 13.1. The second kappa shape index (κ2) is 6.41. The van der Waals surface area contributed by atoms with E-state index in [1.165, 1.54) is 7.11 Å². The normalized spacial score (nSPS) is 27.6. The summed E-state index contributed by atoms with van der Waals surface area (Å²) in [5, 5.41) is 2.73. The summed E-state index contributed by atoms with van der Waals surface area (Å²) in [5.41, 5.74) is -0.569. The van der Waals surface area contributed by atoms with Gasteiger partial charge in [-0.05, 0) is 13.3 Å². The molecule has 1 N–H and O–H groups in total. The van der Waals surface area contributed by atoms with Crippen LogP contribution in [0, 0.1) is 11.6 Å². The van der Waals surface area contributed by atoms with E-state index in [1.54, 1.807) is 0 Å². The van der Waals surface area contributed by atoms with Crippen molar-refractivity contribution in [3.05, 3.63) is 29.3 Å². The zero-order chi connectivity index (χ0) is 16.6. The van der Waals surface area contributed by atoms with Crippen LogP contribution in [-0.4, -0.2) is 55.8 Å². The first kappa shape index (κ1) is 16.1. The van der Waals surface area contributed by atoms with Crippen molar-refractivity contribution in [1.82, 2.24) is 10.2 Å². The minimum atomic E-state index is -0.924. The molecule has 3 atom stereocenters. The van der Waals surface area contributed by atoms with E-state index < -0.39 is 23.1 Å². The quantitative estimate of drug-likeness (QED) is 0.916. The van der Waals surface area contributed by atoms with Crippen LogP contribution < -0.4 is 10.1 Å². The molecule has 2 fully saturated rings. The summed E-state index contributed by atoms with van der Waals surface area (Å²) in [6, 6.07) is 2.13. The molecule has 126 valence electrons. The van der Waals surface area contributed by atoms with Gasteiger partial charge in [-0.1, -0.05) is 0 Å². The third-order valence-corrected chi connectivity index (χ3v) is 4.41. The molecule has 0 radical (unpaired) electrons. The molecule has 0 aliphatic carbocycles. The molecular weight excluding hydrogens is 306 g/mol. The van der Waals surface area contributed by atoms with E-state index in [0.29, 0.717) is 13.2 Å². The van der Waals surface area contributed by atoms with E-state index in [1.807, 2.05) is 6.92 Å². The number of methoxy groups -OCH3 is 1. The zero-order valence-electron chi connectivity index (χ0n) is 13.1. The highest BCUT2D eigenvalue weighted by molar-refractivity contribution is 5.95. The van der Waals surface area contributed by atoms with Crippen molar-refractivity contribution < 1.29 is 23.0 Å². The lowest BCUT2D eigenvalue weighted by Crippen LogP contribution is -2.45. The summed E-state index contributed by atoms with van der Waals surface area (Å²) in [4.78, 5) is 14.5. The van der Waals surface area contributed by atoms with Crippen molar-refractivity contribution in [2.45, 2.75) is 31.5 Å². The number of hydrogen-bond acceptors (Lipinski definition) is 4. The Morgan fingerprint density at radius 2 is 2.04 bits per heavy atom. The van der Waals surface area contributed by atoms with Crippen LogP contribution in [0.2, 0.25) is 0 Å². The molecule has 23 heavy (non-hydrogen) atoms. The van der Waals surface area contributed by atoms with Gasteiger partial charge in [0.05, 0.1) is 19.8 Å². The van der Waals surface area contributed by atoms with Crippen LogP contribution in [0.4, 0.5) is 8.78 Å². The van der Waals surface area contributed by atoms with Crippen molar-refractivity contribution in [2.24, 2.45) is 0 Å². The van der Waals surface area contributed by atoms with Gasteiger partial charge in [-0.15, -0.1) is 0 Å². The van der Waals surface area contributed by atoms with E-state index in [4.69, 9.17) is 9.47 Å². The van der Waals surface area contributed by atoms with Gasteiger partial charge in [-0.2, -0.15) is 0 Å². The number of benzene rings is 1. The molecule has 5 nitrogen and oxygen atoms in total. The van der Waals surface area contributed by atoms with E-state index in [0.717, 1.165) is 25.1 Å². The Morgan fingerprint density at radius 3 is 2.70 bits per heavy atom. The first-order chi connectivity index (χ1) is 11.0. The summed E-state index contributed by atoms with van der Waals surface area (Å²) >= 11 is 0. The van der Waals surface area contributed by atoms with E-state index in [9.17, 15) is 13.6 Å². The molecule has 0 aromatic heterocycles. The van der Waals surface area contributed by atoms with Gasteiger partial charge in [0.1, 0.15) is 22.9 Å². The number of morpholine rings is 1. The maximum absolute atomic E-state index is 14.0. The molecule has 0 bridgehead atoms. The monoisotopic (exact) mass is 326 g/mol. The number of nitrogens with zero attached hydrogens (tertiary/aromatic N) is 1. The standard InChI is InChI=1S/C16H20F2N2O3/c1-9-6-20-7-10(3-11(20)8-23-9)19-16(21)15-13(17)4-12(22-2)5-14(15)18/h4-5,9-11H,3,6-8H2,1-2H3,(H,19,21)/t9-,10+,11+/m1/s1. The van der Waals surface area contributed by atoms with Gasteiger partial charge < -0.3 is 14.8 Å². The predicted octanol–water partition coefficient (Wildman–Crippen LogP) is 1.56. The number of fused-ring (bicyclic) bond motifs is 1. The Kier molecular flexibility index (Phi) is 4.50. The molecule has 0 saturated carbocycles. The Bertz CT molecular complexity index is 588.